The molecule has 0 bridgehead atoms. The predicted molar refractivity (Wildman–Crippen MR) is 92.4 cm³/mol. The first-order valence-electron chi connectivity index (χ1n) is 7.34. The van der Waals surface area contributed by atoms with Gasteiger partial charge < -0.3 is 0 Å². The van der Waals surface area contributed by atoms with E-state index in [1.807, 2.05) is 23.1 Å². The van der Waals surface area contributed by atoms with Gasteiger partial charge in [-0.05, 0) is 53.1 Å². The Morgan fingerprint density at radius 3 is 2.90 bits per heavy atom. The standard InChI is InChI=1S/C15H23BrN4S/c1-3-13-15(16)14(20(2)19-13)10-11(18-17)6-4-7-12-8-5-9-21-12/h5,8-9,11,18H,3-4,6-7,10,17H2,1-2H3. The fraction of sp³-hybridized carbons (Fsp3) is 0.533. The van der Waals surface area contributed by atoms with Crippen LogP contribution in [0.5, 0.6) is 0 Å². The molecule has 2 aromatic heterocycles. The second kappa shape index (κ2) is 8.08. The van der Waals surface area contributed by atoms with Crippen LogP contribution in [0.3, 0.4) is 0 Å². The first kappa shape index (κ1) is 16.7. The molecule has 0 aromatic carbocycles. The van der Waals surface area contributed by atoms with Gasteiger partial charge in [0.05, 0.1) is 15.9 Å². The maximum absolute atomic E-state index is 5.73. The summed E-state index contributed by atoms with van der Waals surface area (Å²) in [5.41, 5.74) is 5.28. The van der Waals surface area contributed by atoms with Gasteiger partial charge in [0.1, 0.15) is 0 Å². The maximum atomic E-state index is 5.73. The largest absolute Gasteiger partial charge is 0.271 e. The molecule has 0 amide bonds. The number of nitrogens with one attached hydrogen (secondary N) is 1. The Morgan fingerprint density at radius 2 is 2.33 bits per heavy atom. The average Bonchev–Trinajstić information content (AvgIpc) is 3.08. The van der Waals surface area contributed by atoms with Crippen LogP contribution in [0.15, 0.2) is 22.0 Å². The number of hydrogen-bond donors (Lipinski definition) is 2. The van der Waals surface area contributed by atoms with Crippen LogP contribution in [-0.2, 0) is 26.3 Å². The van der Waals surface area contributed by atoms with Crippen molar-refractivity contribution >= 4 is 27.3 Å². The molecule has 6 heteroatoms. The molecule has 2 heterocycles. The van der Waals surface area contributed by atoms with Crippen LogP contribution in [0.1, 0.15) is 36.0 Å². The van der Waals surface area contributed by atoms with E-state index in [-0.39, 0.29) is 6.04 Å². The lowest BCUT2D eigenvalue weighted by Gasteiger charge is -2.16. The van der Waals surface area contributed by atoms with Gasteiger partial charge in [0.2, 0.25) is 0 Å². The van der Waals surface area contributed by atoms with Crippen molar-refractivity contribution in [1.29, 1.82) is 0 Å². The number of hydrogen-bond acceptors (Lipinski definition) is 4. The van der Waals surface area contributed by atoms with Crippen LogP contribution >= 0.6 is 27.3 Å². The second-order valence-electron chi connectivity index (χ2n) is 5.22. The number of nitrogens with two attached hydrogens (primary N) is 1. The molecule has 3 N–H and O–H groups in total. The van der Waals surface area contributed by atoms with Gasteiger partial charge in [0, 0.05) is 24.4 Å². The van der Waals surface area contributed by atoms with Crippen molar-refractivity contribution < 1.29 is 0 Å². The molecule has 0 aliphatic carbocycles. The van der Waals surface area contributed by atoms with Crippen LogP contribution in [0.4, 0.5) is 0 Å². The molecule has 0 aliphatic heterocycles. The molecule has 4 nitrogen and oxygen atoms in total. The molecule has 0 saturated carbocycles. The molecule has 0 radical (unpaired) electrons. The molecule has 1 atom stereocenters. The third kappa shape index (κ3) is 4.39. The van der Waals surface area contributed by atoms with Gasteiger partial charge in [-0.1, -0.05) is 13.0 Å². The Balaban J connectivity index is 1.91. The van der Waals surface area contributed by atoms with Gasteiger partial charge in [0.25, 0.3) is 0 Å². The molecule has 0 aliphatic rings. The summed E-state index contributed by atoms with van der Waals surface area (Å²) in [5, 5.41) is 6.67. The summed E-state index contributed by atoms with van der Waals surface area (Å²) in [6, 6.07) is 4.58. The van der Waals surface area contributed by atoms with Crippen molar-refractivity contribution in [2.45, 2.75) is 45.1 Å². The molecular formula is C15H23BrN4S. The number of aryl methyl sites for hydroxylation is 3. The first-order valence-corrected chi connectivity index (χ1v) is 9.01. The molecular weight excluding hydrogens is 348 g/mol. The van der Waals surface area contributed by atoms with Crippen molar-refractivity contribution in [1.82, 2.24) is 15.2 Å². The fourth-order valence-corrected chi connectivity index (χ4v) is 4.03. The summed E-state index contributed by atoms with van der Waals surface area (Å²) >= 11 is 5.49. The zero-order valence-electron chi connectivity index (χ0n) is 12.6. The molecule has 0 saturated heterocycles. The smallest absolute Gasteiger partial charge is 0.0766 e. The summed E-state index contributed by atoms with van der Waals surface area (Å²) < 4.78 is 3.10. The minimum atomic E-state index is 0.279. The lowest BCUT2D eigenvalue weighted by Crippen LogP contribution is -2.37. The number of hydrazine groups is 1. The van der Waals surface area contributed by atoms with Crippen LogP contribution in [0, 0.1) is 0 Å². The SMILES string of the molecule is CCc1nn(C)c(CC(CCCc2cccs2)NN)c1Br. The van der Waals surface area contributed by atoms with E-state index in [1.54, 1.807) is 0 Å². The Kier molecular flexibility index (Phi) is 6.41. The third-order valence-corrected chi connectivity index (χ3v) is 5.59. The van der Waals surface area contributed by atoms with E-state index >= 15 is 0 Å². The van der Waals surface area contributed by atoms with Gasteiger partial charge in [0.15, 0.2) is 0 Å². The quantitative estimate of drug-likeness (QED) is 0.554. The summed E-state index contributed by atoms with van der Waals surface area (Å²) in [6.07, 6.45) is 5.17. The topological polar surface area (TPSA) is 55.9 Å². The van der Waals surface area contributed by atoms with Gasteiger partial charge in [-0.2, -0.15) is 5.10 Å². The Labute approximate surface area is 138 Å². The molecule has 0 fully saturated rings. The van der Waals surface area contributed by atoms with Gasteiger partial charge >= 0.3 is 0 Å². The first-order chi connectivity index (χ1) is 10.2. The second-order valence-corrected chi connectivity index (χ2v) is 7.05. The number of rotatable bonds is 8. The Hall–Kier alpha value is -0.690. The molecule has 116 valence electrons. The van der Waals surface area contributed by atoms with Crippen LogP contribution in [-0.4, -0.2) is 15.8 Å². The number of thiophene rings is 1. The van der Waals surface area contributed by atoms with Crippen LogP contribution in [0.25, 0.3) is 0 Å². The summed E-state index contributed by atoms with van der Waals surface area (Å²) in [4.78, 5) is 1.45. The van der Waals surface area contributed by atoms with Gasteiger partial charge in [-0.15, -0.1) is 11.3 Å². The fourth-order valence-electron chi connectivity index (χ4n) is 2.50. The molecule has 1 unspecified atom stereocenters. The highest BCUT2D eigenvalue weighted by Crippen LogP contribution is 2.23. The minimum Gasteiger partial charge on any atom is -0.271 e. The lowest BCUT2D eigenvalue weighted by molar-refractivity contribution is 0.464. The van der Waals surface area contributed by atoms with Crippen molar-refractivity contribution in [3.8, 4) is 0 Å². The van der Waals surface area contributed by atoms with Crippen molar-refractivity contribution in [3.63, 3.8) is 0 Å². The monoisotopic (exact) mass is 370 g/mol. The van der Waals surface area contributed by atoms with Crippen molar-refractivity contribution in [3.05, 3.63) is 38.3 Å². The van der Waals surface area contributed by atoms with E-state index in [1.165, 1.54) is 10.6 Å². The average molecular weight is 371 g/mol. The van der Waals surface area contributed by atoms with Gasteiger partial charge in [-0.25, -0.2) is 0 Å². The third-order valence-electron chi connectivity index (χ3n) is 3.73. The minimum absolute atomic E-state index is 0.279. The van der Waals surface area contributed by atoms with E-state index in [4.69, 9.17) is 5.84 Å². The summed E-state index contributed by atoms with van der Waals surface area (Å²) in [5.74, 6) is 5.73. The normalized spacial score (nSPS) is 12.8. The van der Waals surface area contributed by atoms with Gasteiger partial charge in [-0.3, -0.25) is 16.0 Å². The highest BCUT2D eigenvalue weighted by atomic mass is 79.9. The van der Waals surface area contributed by atoms with E-state index < -0.39 is 0 Å². The van der Waals surface area contributed by atoms with Crippen LogP contribution in [0.2, 0.25) is 0 Å². The lowest BCUT2D eigenvalue weighted by atomic mass is 10.0. The number of nitrogens with zero attached hydrogens (tertiary/aromatic N) is 2. The van der Waals surface area contributed by atoms with Crippen molar-refractivity contribution in [2.75, 3.05) is 0 Å². The molecule has 2 aromatic rings. The maximum Gasteiger partial charge on any atom is 0.0766 e. The van der Waals surface area contributed by atoms with Crippen LogP contribution < -0.4 is 11.3 Å². The molecule has 0 spiro atoms. The summed E-state index contributed by atoms with van der Waals surface area (Å²) in [7, 11) is 2.00. The van der Waals surface area contributed by atoms with E-state index in [2.05, 4.69) is 50.9 Å². The zero-order valence-corrected chi connectivity index (χ0v) is 15.0. The van der Waals surface area contributed by atoms with E-state index in [0.717, 1.165) is 42.3 Å². The zero-order chi connectivity index (χ0) is 15.2. The molecule has 21 heavy (non-hydrogen) atoms. The van der Waals surface area contributed by atoms with E-state index in [0.29, 0.717) is 0 Å². The highest BCUT2D eigenvalue weighted by molar-refractivity contribution is 9.10. The Bertz CT molecular complexity index is 550. The predicted octanol–water partition coefficient (Wildman–Crippen LogP) is 3.20. The highest BCUT2D eigenvalue weighted by Gasteiger charge is 2.17. The number of aromatic nitrogens is 2. The van der Waals surface area contributed by atoms with E-state index in [9.17, 15) is 0 Å². The molecule has 2 rings (SSSR count). The van der Waals surface area contributed by atoms with Crippen molar-refractivity contribution in [2.24, 2.45) is 12.9 Å². The number of halogens is 1. The Morgan fingerprint density at radius 1 is 1.52 bits per heavy atom. The summed E-state index contributed by atoms with van der Waals surface area (Å²) in [6.45, 7) is 2.12.